The summed E-state index contributed by atoms with van der Waals surface area (Å²) in [5, 5.41) is 11.6. The van der Waals surface area contributed by atoms with E-state index in [4.69, 9.17) is 0 Å². The third kappa shape index (κ3) is 3.79. The average Bonchev–Trinajstić information content (AvgIpc) is 3.23. The van der Waals surface area contributed by atoms with E-state index in [-0.39, 0.29) is 17.2 Å². The van der Waals surface area contributed by atoms with E-state index in [9.17, 15) is 19.5 Å². The molecule has 4 atom stereocenters. The van der Waals surface area contributed by atoms with Gasteiger partial charge in [0.1, 0.15) is 12.1 Å². The van der Waals surface area contributed by atoms with Crippen molar-refractivity contribution < 1.29 is 19.5 Å². The normalized spacial score (nSPS) is 32.1. The van der Waals surface area contributed by atoms with Crippen molar-refractivity contribution in [2.24, 2.45) is 5.92 Å². The van der Waals surface area contributed by atoms with Gasteiger partial charge in [-0.1, -0.05) is 12.8 Å². The fourth-order valence-electron chi connectivity index (χ4n) is 3.28. The van der Waals surface area contributed by atoms with Crippen LogP contribution in [0, 0.1) is 5.92 Å². The summed E-state index contributed by atoms with van der Waals surface area (Å²) in [5.74, 6) is -0.111. The second-order valence-electron chi connectivity index (χ2n) is 6.55. The molecule has 3 fully saturated rings. The van der Waals surface area contributed by atoms with Crippen LogP contribution in [0.5, 0.6) is 0 Å². The first-order chi connectivity index (χ1) is 11.0. The van der Waals surface area contributed by atoms with Crippen molar-refractivity contribution in [3.05, 3.63) is 0 Å². The molecule has 23 heavy (non-hydrogen) atoms. The number of hydrogen-bond acceptors (Lipinski definition) is 5. The first-order valence-corrected chi connectivity index (χ1v) is 9.69. The predicted molar refractivity (Wildman–Crippen MR) is 90.4 cm³/mol. The Labute approximate surface area is 145 Å². The first-order valence-electron chi connectivity index (χ1n) is 8.12. The maximum atomic E-state index is 12.7. The molecule has 2 aliphatic heterocycles. The minimum absolute atomic E-state index is 0.0798. The van der Waals surface area contributed by atoms with Gasteiger partial charge in [-0.15, -0.1) is 11.8 Å². The highest BCUT2D eigenvalue weighted by Crippen LogP contribution is 2.36. The Balaban J connectivity index is 1.65. The lowest BCUT2D eigenvalue weighted by molar-refractivity contribution is -0.149. The minimum atomic E-state index is -0.964. The molecule has 128 valence electrons. The molecule has 3 rings (SSSR count). The molecule has 6 nitrogen and oxygen atoms in total. The molecule has 2 N–H and O–H groups in total. The molecule has 2 saturated heterocycles. The standard InChI is InChI=1S/C15H22N2O4S2/c18-13(11(22)7-8-1-2-8)16-9-5-6-23-12-4-3-10(15(20)21)17(12)14(9)19/h8-12,22H,1-7H2,(H,16,18)(H,20,21)/t9-,10-,11?,12-/m0/s1. The molecule has 2 heterocycles. The van der Waals surface area contributed by atoms with E-state index in [1.165, 1.54) is 4.90 Å². The van der Waals surface area contributed by atoms with E-state index in [0.717, 1.165) is 25.0 Å². The smallest absolute Gasteiger partial charge is 0.326 e. The van der Waals surface area contributed by atoms with Gasteiger partial charge < -0.3 is 15.3 Å². The minimum Gasteiger partial charge on any atom is -0.480 e. The molecule has 0 radical (unpaired) electrons. The van der Waals surface area contributed by atoms with Crippen molar-refractivity contribution in [1.82, 2.24) is 10.2 Å². The molecular formula is C15H22N2O4S2. The zero-order chi connectivity index (χ0) is 16.6. The molecule has 2 amide bonds. The van der Waals surface area contributed by atoms with Crippen molar-refractivity contribution in [3.8, 4) is 0 Å². The predicted octanol–water partition coefficient (Wildman–Crippen LogP) is 1.11. The third-order valence-electron chi connectivity index (χ3n) is 4.76. The topological polar surface area (TPSA) is 86.7 Å². The van der Waals surface area contributed by atoms with Gasteiger partial charge in [0.05, 0.1) is 10.6 Å². The number of carboxylic acid groups (broad SMARTS) is 1. The number of hydrogen-bond donors (Lipinski definition) is 3. The molecule has 0 spiro atoms. The summed E-state index contributed by atoms with van der Waals surface area (Å²) >= 11 is 5.96. The van der Waals surface area contributed by atoms with Crippen molar-refractivity contribution >= 4 is 42.2 Å². The first kappa shape index (κ1) is 17.0. The zero-order valence-electron chi connectivity index (χ0n) is 12.8. The number of carboxylic acids is 1. The molecule has 1 unspecified atom stereocenters. The van der Waals surface area contributed by atoms with Gasteiger partial charge in [-0.3, -0.25) is 9.59 Å². The van der Waals surface area contributed by atoms with Crippen LogP contribution in [-0.4, -0.2) is 56.3 Å². The average molecular weight is 358 g/mol. The molecule has 0 bridgehead atoms. The van der Waals surface area contributed by atoms with Crippen LogP contribution < -0.4 is 5.32 Å². The Bertz CT molecular complexity index is 512. The van der Waals surface area contributed by atoms with Gasteiger partial charge >= 0.3 is 5.97 Å². The Hall–Kier alpha value is -0.890. The van der Waals surface area contributed by atoms with Crippen LogP contribution in [-0.2, 0) is 14.4 Å². The summed E-state index contributed by atoms with van der Waals surface area (Å²) in [5.41, 5.74) is 0. The van der Waals surface area contributed by atoms with E-state index < -0.39 is 23.3 Å². The number of aliphatic carboxylic acids is 1. The molecule has 0 aromatic carbocycles. The van der Waals surface area contributed by atoms with Crippen LogP contribution in [0.15, 0.2) is 0 Å². The van der Waals surface area contributed by atoms with Crippen LogP contribution in [0.2, 0.25) is 0 Å². The summed E-state index contributed by atoms with van der Waals surface area (Å²) in [6.07, 6.45) is 4.77. The Morgan fingerprint density at radius 2 is 2.04 bits per heavy atom. The van der Waals surface area contributed by atoms with Crippen LogP contribution >= 0.6 is 24.4 Å². The van der Waals surface area contributed by atoms with Crippen LogP contribution in [0.25, 0.3) is 0 Å². The summed E-state index contributed by atoms with van der Waals surface area (Å²) in [6.45, 7) is 0. The summed E-state index contributed by atoms with van der Waals surface area (Å²) in [6, 6.07) is -1.40. The second-order valence-corrected chi connectivity index (χ2v) is 8.46. The molecule has 1 aliphatic carbocycles. The molecular weight excluding hydrogens is 336 g/mol. The maximum Gasteiger partial charge on any atom is 0.326 e. The second kappa shape index (κ2) is 6.93. The summed E-state index contributed by atoms with van der Waals surface area (Å²) in [4.78, 5) is 37.9. The number of amides is 2. The fraction of sp³-hybridized carbons (Fsp3) is 0.800. The Kier molecular flexibility index (Phi) is 5.10. The maximum absolute atomic E-state index is 12.7. The number of carbonyl (C=O) groups is 3. The number of thiol groups is 1. The Morgan fingerprint density at radius 3 is 2.70 bits per heavy atom. The molecule has 8 heteroatoms. The quantitative estimate of drug-likeness (QED) is 0.641. The highest BCUT2D eigenvalue weighted by Gasteiger charge is 2.45. The number of nitrogens with zero attached hydrogens (tertiary/aromatic N) is 1. The van der Waals surface area contributed by atoms with Crippen molar-refractivity contribution in [2.45, 2.75) is 61.2 Å². The molecule has 3 aliphatic rings. The van der Waals surface area contributed by atoms with Crippen LogP contribution in [0.1, 0.15) is 38.5 Å². The van der Waals surface area contributed by atoms with Gasteiger partial charge in [0, 0.05) is 0 Å². The van der Waals surface area contributed by atoms with Crippen molar-refractivity contribution in [2.75, 3.05) is 5.75 Å². The zero-order valence-corrected chi connectivity index (χ0v) is 14.5. The lowest BCUT2D eigenvalue weighted by atomic mass is 10.1. The lowest BCUT2D eigenvalue weighted by Gasteiger charge is -2.28. The molecule has 0 aromatic rings. The monoisotopic (exact) mass is 358 g/mol. The summed E-state index contributed by atoms with van der Waals surface area (Å²) in [7, 11) is 0. The largest absolute Gasteiger partial charge is 0.480 e. The number of thioether (sulfide) groups is 1. The van der Waals surface area contributed by atoms with E-state index in [1.807, 2.05) is 0 Å². The van der Waals surface area contributed by atoms with Crippen LogP contribution in [0.3, 0.4) is 0 Å². The third-order valence-corrected chi connectivity index (χ3v) is 6.52. The van der Waals surface area contributed by atoms with Crippen LogP contribution in [0.4, 0.5) is 0 Å². The van der Waals surface area contributed by atoms with Gasteiger partial charge in [0.15, 0.2) is 0 Å². The fourth-order valence-corrected chi connectivity index (χ4v) is 5.02. The van der Waals surface area contributed by atoms with Gasteiger partial charge in [-0.2, -0.15) is 12.6 Å². The molecule has 0 aromatic heterocycles. The number of carbonyl (C=O) groups excluding carboxylic acids is 2. The van der Waals surface area contributed by atoms with E-state index in [1.54, 1.807) is 11.8 Å². The van der Waals surface area contributed by atoms with Gasteiger partial charge in [0.2, 0.25) is 11.8 Å². The van der Waals surface area contributed by atoms with Crippen molar-refractivity contribution in [1.29, 1.82) is 0 Å². The van der Waals surface area contributed by atoms with Crippen molar-refractivity contribution in [3.63, 3.8) is 0 Å². The molecule has 1 saturated carbocycles. The number of rotatable bonds is 5. The highest BCUT2D eigenvalue weighted by atomic mass is 32.2. The summed E-state index contributed by atoms with van der Waals surface area (Å²) < 4.78 is 0. The SMILES string of the molecule is O=C(N[C@H]1CCS[C@H]2CC[C@@H](C(=O)O)N2C1=O)C(S)CC1CC1. The van der Waals surface area contributed by atoms with Gasteiger partial charge in [-0.25, -0.2) is 4.79 Å². The lowest BCUT2D eigenvalue weighted by Crippen LogP contribution is -2.53. The number of nitrogens with one attached hydrogen (secondary N) is 1. The van der Waals surface area contributed by atoms with Gasteiger partial charge in [-0.05, 0) is 37.4 Å². The van der Waals surface area contributed by atoms with Gasteiger partial charge in [0.25, 0.3) is 0 Å². The van der Waals surface area contributed by atoms with E-state index in [0.29, 0.717) is 25.2 Å². The number of fused-ring (bicyclic) bond motifs is 1. The highest BCUT2D eigenvalue weighted by molar-refractivity contribution is 7.99. The van der Waals surface area contributed by atoms with E-state index in [2.05, 4.69) is 17.9 Å². The Morgan fingerprint density at radius 1 is 1.30 bits per heavy atom. The van der Waals surface area contributed by atoms with E-state index >= 15 is 0 Å².